The summed E-state index contributed by atoms with van der Waals surface area (Å²) in [5.41, 5.74) is 8.77. The van der Waals surface area contributed by atoms with Crippen LogP contribution >= 0.6 is 0 Å². The van der Waals surface area contributed by atoms with Crippen LogP contribution in [0.25, 0.3) is 0 Å². The Morgan fingerprint density at radius 2 is 2.15 bits per heavy atom. The van der Waals surface area contributed by atoms with E-state index >= 15 is 0 Å². The second kappa shape index (κ2) is 2.57. The van der Waals surface area contributed by atoms with E-state index in [1.54, 1.807) is 11.9 Å². The van der Waals surface area contributed by atoms with Gasteiger partial charge in [0.2, 0.25) is 5.91 Å². The van der Waals surface area contributed by atoms with Gasteiger partial charge in [0.15, 0.2) is 0 Å². The average molecular weight is 176 g/mol. The molecule has 68 valence electrons. The molecule has 0 aliphatic carbocycles. The molecule has 1 amide bonds. The number of anilines is 1. The predicted octanol–water partition coefficient (Wildman–Crippen LogP) is 0.971. The van der Waals surface area contributed by atoms with Gasteiger partial charge in [-0.15, -0.1) is 0 Å². The summed E-state index contributed by atoms with van der Waals surface area (Å²) in [5.74, 6) is -0.0272. The standard InChI is InChI=1S/C10H12N2O/c1-6-3-4-8-7(5-6)9(11)10(13)12(8)2/h3-5,9H,11H2,1-2H3/t9-/m0/s1. The number of likely N-dealkylation sites (N-methyl/N-ethyl adjacent to an activating group) is 1. The fourth-order valence-corrected chi connectivity index (χ4v) is 1.69. The average Bonchev–Trinajstić information content (AvgIpc) is 2.32. The van der Waals surface area contributed by atoms with Crippen molar-refractivity contribution in [1.82, 2.24) is 0 Å². The number of carbonyl (C=O) groups excluding carboxylic acids is 1. The molecule has 2 rings (SSSR count). The summed E-state index contributed by atoms with van der Waals surface area (Å²) in [6, 6.07) is 5.43. The number of amides is 1. The fraction of sp³-hybridized carbons (Fsp3) is 0.300. The fourth-order valence-electron chi connectivity index (χ4n) is 1.69. The Bertz CT molecular complexity index is 373. The van der Waals surface area contributed by atoms with Crippen molar-refractivity contribution in [3.05, 3.63) is 29.3 Å². The number of benzene rings is 1. The normalized spacial score (nSPS) is 20.7. The Kier molecular flexibility index (Phi) is 1.63. The molecule has 0 fully saturated rings. The molecule has 1 atom stereocenters. The molecule has 0 saturated carbocycles. The molecule has 0 saturated heterocycles. The van der Waals surface area contributed by atoms with Gasteiger partial charge in [0.1, 0.15) is 6.04 Å². The zero-order chi connectivity index (χ0) is 9.59. The van der Waals surface area contributed by atoms with Gasteiger partial charge in [-0.25, -0.2) is 0 Å². The lowest BCUT2D eigenvalue weighted by atomic mass is 10.1. The van der Waals surface area contributed by atoms with Crippen molar-refractivity contribution in [2.45, 2.75) is 13.0 Å². The quantitative estimate of drug-likeness (QED) is 0.640. The Morgan fingerprint density at radius 1 is 1.46 bits per heavy atom. The van der Waals surface area contributed by atoms with Gasteiger partial charge < -0.3 is 10.6 Å². The van der Waals surface area contributed by atoms with Crippen LogP contribution in [0.2, 0.25) is 0 Å². The lowest BCUT2D eigenvalue weighted by Gasteiger charge is -2.09. The van der Waals surface area contributed by atoms with Crippen LogP contribution < -0.4 is 10.6 Å². The maximum atomic E-state index is 11.5. The van der Waals surface area contributed by atoms with Crippen LogP contribution in [-0.4, -0.2) is 13.0 Å². The molecule has 1 aliphatic rings. The second-order valence-electron chi connectivity index (χ2n) is 3.44. The van der Waals surface area contributed by atoms with Gasteiger partial charge in [0, 0.05) is 18.3 Å². The smallest absolute Gasteiger partial charge is 0.248 e. The molecule has 3 nitrogen and oxygen atoms in total. The van der Waals surface area contributed by atoms with Crippen molar-refractivity contribution in [2.24, 2.45) is 5.73 Å². The highest BCUT2D eigenvalue weighted by atomic mass is 16.2. The van der Waals surface area contributed by atoms with Gasteiger partial charge in [0.25, 0.3) is 0 Å². The first-order valence-corrected chi connectivity index (χ1v) is 4.25. The van der Waals surface area contributed by atoms with Gasteiger partial charge in [-0.1, -0.05) is 17.7 Å². The summed E-state index contributed by atoms with van der Waals surface area (Å²) in [6.45, 7) is 2.00. The summed E-state index contributed by atoms with van der Waals surface area (Å²) in [4.78, 5) is 13.1. The SMILES string of the molecule is Cc1ccc2c(c1)[C@H](N)C(=O)N2C. The van der Waals surface area contributed by atoms with E-state index in [1.807, 2.05) is 25.1 Å². The van der Waals surface area contributed by atoms with Crippen molar-refractivity contribution in [2.75, 3.05) is 11.9 Å². The molecule has 0 bridgehead atoms. The number of carbonyl (C=O) groups is 1. The van der Waals surface area contributed by atoms with E-state index in [-0.39, 0.29) is 5.91 Å². The summed E-state index contributed by atoms with van der Waals surface area (Å²) in [7, 11) is 1.75. The van der Waals surface area contributed by atoms with E-state index in [0.29, 0.717) is 0 Å². The van der Waals surface area contributed by atoms with Crippen LogP contribution in [0.3, 0.4) is 0 Å². The molecule has 0 spiro atoms. The van der Waals surface area contributed by atoms with Crippen LogP contribution in [0.1, 0.15) is 17.2 Å². The third kappa shape index (κ3) is 1.04. The van der Waals surface area contributed by atoms with Crippen LogP contribution in [0.4, 0.5) is 5.69 Å². The van der Waals surface area contributed by atoms with E-state index in [9.17, 15) is 4.79 Å². The van der Waals surface area contributed by atoms with Crippen LogP contribution in [0.15, 0.2) is 18.2 Å². The zero-order valence-corrected chi connectivity index (χ0v) is 7.74. The Hall–Kier alpha value is -1.35. The third-order valence-electron chi connectivity index (χ3n) is 2.48. The first kappa shape index (κ1) is 8.26. The highest BCUT2D eigenvalue weighted by Gasteiger charge is 2.31. The summed E-state index contributed by atoms with van der Waals surface area (Å²) < 4.78 is 0. The molecular weight excluding hydrogens is 164 g/mol. The topological polar surface area (TPSA) is 46.3 Å². The highest BCUT2D eigenvalue weighted by Crippen LogP contribution is 2.33. The van der Waals surface area contributed by atoms with E-state index < -0.39 is 6.04 Å². The Balaban J connectivity index is 2.60. The molecule has 1 heterocycles. The largest absolute Gasteiger partial charge is 0.316 e. The van der Waals surface area contributed by atoms with Crippen molar-refractivity contribution in [3.8, 4) is 0 Å². The first-order chi connectivity index (χ1) is 6.11. The van der Waals surface area contributed by atoms with Crippen LogP contribution in [-0.2, 0) is 4.79 Å². The van der Waals surface area contributed by atoms with Gasteiger partial charge in [-0.05, 0) is 13.0 Å². The minimum atomic E-state index is -0.472. The molecule has 2 N–H and O–H groups in total. The lowest BCUT2D eigenvalue weighted by Crippen LogP contribution is -2.27. The maximum absolute atomic E-state index is 11.5. The maximum Gasteiger partial charge on any atom is 0.248 e. The van der Waals surface area contributed by atoms with E-state index in [2.05, 4.69) is 0 Å². The molecule has 3 heteroatoms. The highest BCUT2D eigenvalue weighted by molar-refractivity contribution is 6.04. The van der Waals surface area contributed by atoms with Crippen molar-refractivity contribution >= 4 is 11.6 Å². The van der Waals surface area contributed by atoms with E-state index in [0.717, 1.165) is 16.8 Å². The third-order valence-corrected chi connectivity index (χ3v) is 2.48. The van der Waals surface area contributed by atoms with Gasteiger partial charge in [-0.2, -0.15) is 0 Å². The number of hydrogen-bond acceptors (Lipinski definition) is 2. The predicted molar refractivity (Wildman–Crippen MR) is 51.5 cm³/mol. The summed E-state index contributed by atoms with van der Waals surface area (Å²) >= 11 is 0. The number of nitrogens with two attached hydrogens (primary N) is 1. The van der Waals surface area contributed by atoms with E-state index in [1.165, 1.54) is 0 Å². The summed E-state index contributed by atoms with van der Waals surface area (Å²) in [5, 5.41) is 0. The van der Waals surface area contributed by atoms with Gasteiger partial charge in [-0.3, -0.25) is 4.79 Å². The number of nitrogens with zero attached hydrogens (tertiary/aromatic N) is 1. The van der Waals surface area contributed by atoms with Gasteiger partial charge >= 0.3 is 0 Å². The number of fused-ring (bicyclic) bond motifs is 1. The van der Waals surface area contributed by atoms with Crippen LogP contribution in [0, 0.1) is 6.92 Å². The zero-order valence-electron chi connectivity index (χ0n) is 7.74. The first-order valence-electron chi connectivity index (χ1n) is 4.25. The molecule has 13 heavy (non-hydrogen) atoms. The number of hydrogen-bond donors (Lipinski definition) is 1. The van der Waals surface area contributed by atoms with Crippen LogP contribution in [0.5, 0.6) is 0 Å². The van der Waals surface area contributed by atoms with Gasteiger partial charge in [0.05, 0.1) is 0 Å². The molecule has 0 unspecified atom stereocenters. The molecule has 0 aromatic heterocycles. The van der Waals surface area contributed by atoms with Crippen molar-refractivity contribution < 1.29 is 4.79 Å². The van der Waals surface area contributed by atoms with Crippen molar-refractivity contribution in [1.29, 1.82) is 0 Å². The Labute approximate surface area is 77.1 Å². The monoisotopic (exact) mass is 176 g/mol. The molecular formula is C10H12N2O. The summed E-state index contributed by atoms with van der Waals surface area (Å²) in [6.07, 6.45) is 0. The minimum absolute atomic E-state index is 0.0272. The number of aryl methyl sites for hydroxylation is 1. The number of rotatable bonds is 0. The molecule has 1 aromatic carbocycles. The van der Waals surface area contributed by atoms with E-state index in [4.69, 9.17) is 5.73 Å². The molecule has 1 aromatic rings. The molecule has 0 radical (unpaired) electrons. The minimum Gasteiger partial charge on any atom is -0.316 e. The second-order valence-corrected chi connectivity index (χ2v) is 3.44. The Morgan fingerprint density at radius 3 is 2.85 bits per heavy atom. The molecule has 1 aliphatic heterocycles. The van der Waals surface area contributed by atoms with Crippen molar-refractivity contribution in [3.63, 3.8) is 0 Å². The lowest BCUT2D eigenvalue weighted by molar-refractivity contribution is -0.118.